The molecule has 2 rings (SSSR count). The van der Waals surface area contributed by atoms with Gasteiger partial charge in [-0.3, -0.25) is 0 Å². The van der Waals surface area contributed by atoms with E-state index in [0.717, 1.165) is 22.1 Å². The van der Waals surface area contributed by atoms with Crippen molar-refractivity contribution in [2.75, 3.05) is 12.8 Å². The molecule has 5 nitrogen and oxygen atoms in total. The third-order valence-electron chi connectivity index (χ3n) is 2.52. The van der Waals surface area contributed by atoms with Crippen molar-refractivity contribution in [2.24, 2.45) is 0 Å². The maximum absolute atomic E-state index is 11.4. The van der Waals surface area contributed by atoms with Crippen molar-refractivity contribution >= 4 is 21.2 Å². The van der Waals surface area contributed by atoms with E-state index in [9.17, 15) is 8.42 Å². The van der Waals surface area contributed by atoms with Crippen LogP contribution in [0.5, 0.6) is 0 Å². The fraction of sp³-hybridized carbons (Fsp3) is 0.333. The molecule has 0 saturated heterocycles. The molecule has 0 unspecified atom stereocenters. The van der Waals surface area contributed by atoms with Gasteiger partial charge in [0.05, 0.1) is 4.90 Å². The maximum atomic E-state index is 11.4. The first kappa shape index (κ1) is 14.1. The van der Waals surface area contributed by atoms with Crippen LogP contribution in [0.3, 0.4) is 0 Å². The lowest BCUT2D eigenvalue weighted by molar-refractivity contribution is 0.602. The minimum atomic E-state index is -3.15. The Labute approximate surface area is 116 Å². The van der Waals surface area contributed by atoms with Crippen LogP contribution in [0.1, 0.15) is 11.9 Å². The summed E-state index contributed by atoms with van der Waals surface area (Å²) in [6.07, 6.45) is 1.20. The number of hydrogen-bond acceptors (Lipinski definition) is 6. The average Bonchev–Trinajstić information content (AvgIpc) is 2.84. The largest absolute Gasteiger partial charge is 0.311 e. The molecule has 1 heterocycles. The van der Waals surface area contributed by atoms with Gasteiger partial charge in [-0.1, -0.05) is 30.4 Å². The zero-order valence-corrected chi connectivity index (χ0v) is 12.4. The number of rotatable bonds is 5. The van der Waals surface area contributed by atoms with Crippen LogP contribution < -0.4 is 5.32 Å². The van der Waals surface area contributed by atoms with E-state index in [1.165, 1.54) is 17.6 Å². The summed E-state index contributed by atoms with van der Waals surface area (Å²) < 4.78 is 22.7. The molecule has 102 valence electrons. The first-order valence-electron chi connectivity index (χ1n) is 5.84. The zero-order valence-electron chi connectivity index (χ0n) is 10.8. The van der Waals surface area contributed by atoms with Crippen molar-refractivity contribution in [1.29, 1.82) is 0 Å². The summed E-state index contributed by atoms with van der Waals surface area (Å²) in [5, 5.41) is 13.1. The van der Waals surface area contributed by atoms with Crippen molar-refractivity contribution in [1.82, 2.24) is 15.5 Å². The van der Waals surface area contributed by atoms with Crippen molar-refractivity contribution in [2.45, 2.75) is 18.4 Å². The highest BCUT2D eigenvalue weighted by Gasteiger charge is 2.09. The monoisotopic (exact) mass is 297 g/mol. The number of benzene rings is 1. The second-order valence-corrected chi connectivity index (χ2v) is 7.16. The maximum Gasteiger partial charge on any atom is 0.175 e. The molecule has 1 aromatic carbocycles. The standard InChI is InChI=1S/C12H15N3O2S2/c1-3-13-8-11-14-15-12(18-11)9-4-6-10(7-5-9)19(2,16)17/h4-7,13H,3,8H2,1-2H3. The van der Waals surface area contributed by atoms with Gasteiger partial charge in [-0.15, -0.1) is 10.2 Å². The number of aromatic nitrogens is 2. The summed E-state index contributed by atoms with van der Waals surface area (Å²) in [7, 11) is -3.15. The molecule has 0 fully saturated rings. The van der Waals surface area contributed by atoms with Crippen molar-refractivity contribution < 1.29 is 8.42 Å². The van der Waals surface area contributed by atoms with Gasteiger partial charge in [-0.05, 0) is 18.7 Å². The van der Waals surface area contributed by atoms with Crippen LogP contribution in [0.2, 0.25) is 0 Å². The highest BCUT2D eigenvalue weighted by molar-refractivity contribution is 7.90. The summed E-state index contributed by atoms with van der Waals surface area (Å²) in [5.74, 6) is 0. The summed E-state index contributed by atoms with van der Waals surface area (Å²) in [6.45, 7) is 3.62. The van der Waals surface area contributed by atoms with E-state index in [1.807, 2.05) is 6.92 Å². The van der Waals surface area contributed by atoms with E-state index in [0.29, 0.717) is 11.4 Å². The van der Waals surface area contributed by atoms with Gasteiger partial charge in [-0.25, -0.2) is 8.42 Å². The molecule has 0 radical (unpaired) electrons. The molecule has 0 saturated carbocycles. The third kappa shape index (κ3) is 3.59. The lowest BCUT2D eigenvalue weighted by Crippen LogP contribution is -2.11. The van der Waals surface area contributed by atoms with Crippen molar-refractivity contribution in [3.8, 4) is 10.6 Å². The Kier molecular flexibility index (Phi) is 4.28. The Morgan fingerprint density at radius 2 is 1.89 bits per heavy atom. The summed E-state index contributed by atoms with van der Waals surface area (Å²) >= 11 is 1.51. The number of nitrogens with one attached hydrogen (secondary N) is 1. The molecule has 1 N–H and O–H groups in total. The summed E-state index contributed by atoms with van der Waals surface area (Å²) in [4.78, 5) is 0.314. The Hall–Kier alpha value is -1.31. The SMILES string of the molecule is CCNCc1nnc(-c2ccc(S(C)(=O)=O)cc2)s1. The molecule has 0 spiro atoms. The molecule has 1 aromatic heterocycles. The second-order valence-electron chi connectivity index (χ2n) is 4.08. The minimum Gasteiger partial charge on any atom is -0.311 e. The average molecular weight is 297 g/mol. The predicted octanol–water partition coefficient (Wildman–Crippen LogP) is 1.72. The van der Waals surface area contributed by atoms with Gasteiger partial charge in [0.2, 0.25) is 0 Å². The lowest BCUT2D eigenvalue weighted by atomic mass is 10.2. The molecule has 2 aromatic rings. The van der Waals surface area contributed by atoms with Crippen LogP contribution in [0.4, 0.5) is 0 Å². The molecule has 19 heavy (non-hydrogen) atoms. The molecule has 0 aliphatic heterocycles. The van der Waals surface area contributed by atoms with E-state index < -0.39 is 9.84 Å². The lowest BCUT2D eigenvalue weighted by Gasteiger charge is -1.99. The van der Waals surface area contributed by atoms with E-state index in [4.69, 9.17) is 0 Å². The van der Waals surface area contributed by atoms with Crippen molar-refractivity contribution in [3.05, 3.63) is 29.3 Å². The normalized spacial score (nSPS) is 11.7. The van der Waals surface area contributed by atoms with Gasteiger partial charge in [0.1, 0.15) is 10.0 Å². The number of nitrogens with zero attached hydrogens (tertiary/aromatic N) is 2. The van der Waals surface area contributed by atoms with Crippen LogP contribution in [0, 0.1) is 0 Å². The number of sulfone groups is 1. The Balaban J connectivity index is 2.20. The molecule has 0 aliphatic rings. The highest BCUT2D eigenvalue weighted by Crippen LogP contribution is 2.24. The van der Waals surface area contributed by atoms with Crippen LogP contribution in [0.25, 0.3) is 10.6 Å². The Morgan fingerprint density at radius 1 is 1.21 bits per heavy atom. The molecule has 0 amide bonds. The van der Waals surface area contributed by atoms with Gasteiger partial charge in [0.25, 0.3) is 0 Å². The van der Waals surface area contributed by atoms with E-state index in [-0.39, 0.29) is 0 Å². The fourth-order valence-electron chi connectivity index (χ4n) is 1.52. The van der Waals surface area contributed by atoms with Gasteiger partial charge in [0, 0.05) is 18.4 Å². The molecular weight excluding hydrogens is 282 g/mol. The van der Waals surface area contributed by atoms with E-state index >= 15 is 0 Å². The molecular formula is C12H15N3O2S2. The predicted molar refractivity (Wildman–Crippen MR) is 75.8 cm³/mol. The van der Waals surface area contributed by atoms with Crippen molar-refractivity contribution in [3.63, 3.8) is 0 Å². The van der Waals surface area contributed by atoms with Crippen LogP contribution in [-0.4, -0.2) is 31.4 Å². The second kappa shape index (κ2) is 5.77. The van der Waals surface area contributed by atoms with Gasteiger partial charge < -0.3 is 5.32 Å². The van der Waals surface area contributed by atoms with Crippen LogP contribution in [0.15, 0.2) is 29.2 Å². The van der Waals surface area contributed by atoms with Gasteiger partial charge >= 0.3 is 0 Å². The molecule has 0 aliphatic carbocycles. The third-order valence-corrected chi connectivity index (χ3v) is 4.62. The topological polar surface area (TPSA) is 72.0 Å². The van der Waals surface area contributed by atoms with Gasteiger partial charge in [-0.2, -0.15) is 0 Å². The Bertz CT molecular complexity index is 648. The first-order valence-corrected chi connectivity index (χ1v) is 8.55. The quantitative estimate of drug-likeness (QED) is 0.909. The molecule has 0 bridgehead atoms. The Morgan fingerprint density at radius 3 is 2.47 bits per heavy atom. The summed E-state index contributed by atoms with van der Waals surface area (Å²) in [5.41, 5.74) is 0.882. The number of hydrogen-bond donors (Lipinski definition) is 1. The first-order chi connectivity index (χ1) is 9.00. The van der Waals surface area contributed by atoms with Crippen LogP contribution >= 0.6 is 11.3 Å². The highest BCUT2D eigenvalue weighted by atomic mass is 32.2. The van der Waals surface area contributed by atoms with E-state index in [2.05, 4.69) is 15.5 Å². The van der Waals surface area contributed by atoms with E-state index in [1.54, 1.807) is 24.3 Å². The zero-order chi connectivity index (χ0) is 13.9. The molecule has 0 atom stereocenters. The van der Waals surface area contributed by atoms with Crippen LogP contribution in [-0.2, 0) is 16.4 Å². The minimum absolute atomic E-state index is 0.314. The molecule has 7 heteroatoms. The van der Waals surface area contributed by atoms with Gasteiger partial charge in [0.15, 0.2) is 9.84 Å². The smallest absolute Gasteiger partial charge is 0.175 e. The fourth-order valence-corrected chi connectivity index (χ4v) is 2.96. The summed E-state index contributed by atoms with van der Waals surface area (Å²) in [6, 6.07) is 6.70.